The van der Waals surface area contributed by atoms with Gasteiger partial charge in [0.05, 0.1) is 18.7 Å². The summed E-state index contributed by atoms with van der Waals surface area (Å²) in [5.74, 6) is -0.526. The average Bonchev–Trinajstić information content (AvgIpc) is 3.13. The number of aldehydes is 1. The molecule has 1 aromatic heterocycles. The molecule has 1 aliphatic carbocycles. The minimum atomic E-state index is -0.863. The Morgan fingerprint density at radius 1 is 0.923 bits per heavy atom. The molecule has 0 saturated heterocycles. The van der Waals surface area contributed by atoms with Crippen LogP contribution in [0.5, 0.6) is 11.5 Å². The second kappa shape index (κ2) is 9.79. The number of pyridine rings is 1. The van der Waals surface area contributed by atoms with Gasteiger partial charge in [-0.2, -0.15) is 0 Å². The van der Waals surface area contributed by atoms with Crippen molar-refractivity contribution in [3.8, 4) is 11.5 Å². The number of aromatic hydroxyl groups is 1. The number of hydrogen-bond acceptors (Lipinski definition) is 6. The zero-order valence-corrected chi connectivity index (χ0v) is 21.4. The Balaban J connectivity index is 1.55. The van der Waals surface area contributed by atoms with E-state index in [1.54, 1.807) is 12.0 Å². The number of aryl methyl sites for hydroxylation is 2. The maximum Gasteiger partial charge on any atom is 0.278 e. The number of aromatic nitrogens is 1. The molecule has 3 aromatic carbocycles. The number of ether oxygens (including phenoxy) is 1. The lowest BCUT2D eigenvalue weighted by molar-refractivity contribution is 0.0664. The van der Waals surface area contributed by atoms with E-state index in [0.29, 0.717) is 12.0 Å². The van der Waals surface area contributed by atoms with Crippen LogP contribution in [-0.4, -0.2) is 40.7 Å². The molecule has 2 heterocycles. The number of carbonyl (C=O) groups is 2. The monoisotopic (exact) mass is 521 g/mol. The summed E-state index contributed by atoms with van der Waals surface area (Å²) in [5, 5.41) is 12.9. The Labute approximate surface area is 225 Å². The van der Waals surface area contributed by atoms with Crippen LogP contribution in [0.25, 0.3) is 0 Å². The van der Waals surface area contributed by atoms with Crippen molar-refractivity contribution in [3.63, 3.8) is 0 Å². The van der Waals surface area contributed by atoms with Crippen molar-refractivity contribution in [2.45, 2.75) is 25.4 Å². The molecule has 0 radical (unpaired) electrons. The van der Waals surface area contributed by atoms with Crippen LogP contribution in [0.1, 0.15) is 54.7 Å². The lowest BCUT2D eigenvalue weighted by Crippen LogP contribution is -2.55. The van der Waals surface area contributed by atoms with Gasteiger partial charge in [0.15, 0.2) is 17.7 Å². The molecule has 4 aromatic rings. The summed E-state index contributed by atoms with van der Waals surface area (Å²) in [7, 11) is 1.59. The van der Waals surface area contributed by atoms with E-state index in [9.17, 15) is 19.5 Å². The van der Waals surface area contributed by atoms with Crippen LogP contribution >= 0.6 is 0 Å². The highest BCUT2D eigenvalue weighted by Crippen LogP contribution is 2.38. The van der Waals surface area contributed by atoms with E-state index in [1.807, 2.05) is 53.5 Å². The Morgan fingerprint density at radius 2 is 1.54 bits per heavy atom. The zero-order valence-electron chi connectivity index (χ0n) is 21.4. The molecule has 196 valence electrons. The van der Waals surface area contributed by atoms with Crippen LogP contribution in [0.2, 0.25) is 0 Å². The van der Waals surface area contributed by atoms with Gasteiger partial charge in [0.25, 0.3) is 5.91 Å². The van der Waals surface area contributed by atoms with E-state index in [-0.39, 0.29) is 30.5 Å². The molecule has 39 heavy (non-hydrogen) atoms. The molecule has 0 spiro atoms. The summed E-state index contributed by atoms with van der Waals surface area (Å²) >= 11 is 0. The topological polar surface area (TPSA) is 92.1 Å². The third-order valence-corrected chi connectivity index (χ3v) is 7.59. The molecular weight excluding hydrogens is 494 g/mol. The third kappa shape index (κ3) is 4.14. The van der Waals surface area contributed by atoms with Crippen molar-refractivity contribution >= 4 is 12.2 Å². The number of nitrogens with zero attached hydrogens (tertiary/aromatic N) is 3. The van der Waals surface area contributed by atoms with Gasteiger partial charge in [0.1, 0.15) is 12.4 Å². The predicted molar refractivity (Wildman–Crippen MR) is 146 cm³/mol. The number of benzene rings is 3. The lowest BCUT2D eigenvalue weighted by atomic mass is 9.94. The van der Waals surface area contributed by atoms with Gasteiger partial charge in [-0.1, -0.05) is 60.7 Å². The number of fused-ring (bicyclic) bond motifs is 3. The SMILES string of the molecule is COc1ccc(CN2CN(C3c4ccccc4CCc4ccccc43)n3cc(C=O)c(=O)c(O)c3C2=O)cc1. The second-order valence-corrected chi connectivity index (χ2v) is 9.81. The number of hydrogen-bond donors (Lipinski definition) is 1. The molecule has 1 aliphatic heterocycles. The van der Waals surface area contributed by atoms with Crippen LogP contribution in [0.4, 0.5) is 0 Å². The molecule has 8 nitrogen and oxygen atoms in total. The first-order valence-corrected chi connectivity index (χ1v) is 12.8. The van der Waals surface area contributed by atoms with E-state index < -0.39 is 17.1 Å². The molecule has 8 heteroatoms. The Hall–Kier alpha value is -4.85. The highest BCUT2D eigenvalue weighted by Gasteiger charge is 2.39. The van der Waals surface area contributed by atoms with Crippen LogP contribution in [0.3, 0.4) is 0 Å². The van der Waals surface area contributed by atoms with Gasteiger partial charge < -0.3 is 14.7 Å². The van der Waals surface area contributed by atoms with Gasteiger partial charge in [-0.15, -0.1) is 0 Å². The Morgan fingerprint density at radius 3 is 2.13 bits per heavy atom. The second-order valence-electron chi connectivity index (χ2n) is 9.81. The number of rotatable bonds is 5. The van der Waals surface area contributed by atoms with Gasteiger partial charge in [0.2, 0.25) is 5.43 Å². The van der Waals surface area contributed by atoms with E-state index in [2.05, 4.69) is 24.3 Å². The summed E-state index contributed by atoms with van der Waals surface area (Å²) in [6.45, 7) is 0.407. The Bertz CT molecular complexity index is 1600. The summed E-state index contributed by atoms with van der Waals surface area (Å²) < 4.78 is 6.76. The van der Waals surface area contributed by atoms with Crippen LogP contribution < -0.4 is 15.2 Å². The quantitative estimate of drug-likeness (QED) is 0.402. The third-order valence-electron chi connectivity index (χ3n) is 7.59. The zero-order chi connectivity index (χ0) is 27.1. The van der Waals surface area contributed by atoms with Gasteiger partial charge >= 0.3 is 0 Å². The van der Waals surface area contributed by atoms with Crippen molar-refractivity contribution in [1.29, 1.82) is 0 Å². The smallest absolute Gasteiger partial charge is 0.278 e. The van der Waals surface area contributed by atoms with Gasteiger partial charge in [-0.25, -0.2) is 0 Å². The largest absolute Gasteiger partial charge is 0.502 e. The van der Waals surface area contributed by atoms with Gasteiger partial charge in [0, 0.05) is 12.7 Å². The van der Waals surface area contributed by atoms with Crippen LogP contribution in [0.15, 0.2) is 83.8 Å². The van der Waals surface area contributed by atoms with Crippen LogP contribution in [-0.2, 0) is 19.4 Å². The van der Waals surface area contributed by atoms with Crippen molar-refractivity contribution in [3.05, 3.63) is 128 Å². The van der Waals surface area contributed by atoms with Crippen molar-refractivity contribution in [2.24, 2.45) is 0 Å². The average molecular weight is 522 g/mol. The fourth-order valence-electron chi connectivity index (χ4n) is 5.64. The predicted octanol–water partition coefficient (Wildman–Crippen LogP) is 3.81. The summed E-state index contributed by atoms with van der Waals surface area (Å²) in [4.78, 5) is 40.0. The standard InChI is InChI=1S/C31H27N3O5/c1-39-24-14-10-20(11-15-24)16-32-19-34(33-17-23(18-35)29(36)30(37)28(33)31(32)38)27-25-8-4-2-6-21(25)12-13-22-7-3-5-9-26(22)27/h2-11,14-15,17-18,27,37H,12-13,16,19H2,1H3. The van der Waals surface area contributed by atoms with E-state index in [0.717, 1.165) is 29.5 Å². The molecule has 1 N–H and O–H groups in total. The van der Waals surface area contributed by atoms with Gasteiger partial charge in [-0.05, 0) is 52.8 Å². The molecule has 1 amide bonds. The first-order chi connectivity index (χ1) is 19.0. The van der Waals surface area contributed by atoms with Crippen molar-refractivity contribution in [2.75, 3.05) is 18.8 Å². The molecule has 0 fully saturated rings. The number of amides is 1. The maximum absolute atomic E-state index is 13.8. The minimum absolute atomic E-state index is 0.159. The maximum atomic E-state index is 13.8. The molecule has 6 rings (SSSR count). The first-order valence-electron chi connectivity index (χ1n) is 12.8. The normalized spacial score (nSPS) is 14.7. The molecular formula is C31H27N3O5. The molecule has 0 saturated carbocycles. The fourth-order valence-corrected chi connectivity index (χ4v) is 5.64. The summed E-state index contributed by atoms with van der Waals surface area (Å²) in [6, 6.07) is 23.5. The summed E-state index contributed by atoms with van der Waals surface area (Å²) in [5.41, 5.74) is 4.12. The van der Waals surface area contributed by atoms with Gasteiger partial charge in [-0.3, -0.25) is 24.1 Å². The number of carbonyl (C=O) groups excluding carboxylic acids is 2. The highest BCUT2D eigenvalue weighted by molar-refractivity contribution is 5.97. The lowest BCUT2D eigenvalue weighted by Gasteiger charge is -2.44. The van der Waals surface area contributed by atoms with Crippen LogP contribution in [0, 0.1) is 0 Å². The highest BCUT2D eigenvalue weighted by atomic mass is 16.5. The van der Waals surface area contributed by atoms with E-state index in [1.165, 1.54) is 22.0 Å². The summed E-state index contributed by atoms with van der Waals surface area (Å²) in [6.07, 6.45) is 3.49. The van der Waals surface area contributed by atoms with Crippen molar-refractivity contribution in [1.82, 2.24) is 9.58 Å². The molecule has 2 aliphatic rings. The molecule has 0 unspecified atom stereocenters. The Kier molecular flexibility index (Phi) is 6.15. The van der Waals surface area contributed by atoms with E-state index in [4.69, 9.17) is 4.74 Å². The minimum Gasteiger partial charge on any atom is -0.502 e. The fraction of sp³-hybridized carbons (Fsp3) is 0.194. The molecule has 0 atom stereocenters. The first kappa shape index (κ1) is 24.5. The number of methoxy groups -OCH3 is 1. The van der Waals surface area contributed by atoms with Crippen molar-refractivity contribution < 1.29 is 19.4 Å². The molecule has 0 bridgehead atoms. The van der Waals surface area contributed by atoms with E-state index >= 15 is 0 Å².